The van der Waals surface area contributed by atoms with E-state index in [1.807, 2.05) is 24.3 Å². The second-order valence-corrected chi connectivity index (χ2v) is 4.13. The summed E-state index contributed by atoms with van der Waals surface area (Å²) in [7, 11) is 0. The van der Waals surface area contributed by atoms with Crippen molar-refractivity contribution in [2.75, 3.05) is 6.61 Å². The van der Waals surface area contributed by atoms with Crippen LogP contribution in [-0.2, 0) is 11.5 Å². The quantitative estimate of drug-likeness (QED) is 0.470. The molecule has 0 saturated carbocycles. The van der Waals surface area contributed by atoms with Crippen LogP contribution in [0, 0.1) is 0 Å². The topological polar surface area (TPSA) is 64.7 Å². The molecule has 0 radical (unpaired) electrons. The summed E-state index contributed by atoms with van der Waals surface area (Å²) in [5, 5.41) is 8.33. The molecule has 2 aromatic rings. The van der Waals surface area contributed by atoms with Gasteiger partial charge in [0.15, 0.2) is 5.76 Å². The highest BCUT2D eigenvalue weighted by Gasteiger charge is 2.07. The molecule has 0 bridgehead atoms. The summed E-state index contributed by atoms with van der Waals surface area (Å²) in [6.45, 7) is 2.85. The molecule has 1 N–H and O–H groups in total. The highest BCUT2D eigenvalue weighted by molar-refractivity contribution is 5.54. The molecule has 0 atom stereocenters. The number of hydrogen-bond donors (Lipinski definition) is 1. The SMILES string of the molecule is CCCCOc1ccc(-c2ncc(COO)o2)cc1. The minimum Gasteiger partial charge on any atom is -0.494 e. The van der Waals surface area contributed by atoms with Crippen molar-refractivity contribution in [3.63, 3.8) is 0 Å². The van der Waals surface area contributed by atoms with Crippen LogP contribution in [0.3, 0.4) is 0 Å². The predicted molar refractivity (Wildman–Crippen MR) is 69.8 cm³/mol. The van der Waals surface area contributed by atoms with Gasteiger partial charge < -0.3 is 9.15 Å². The van der Waals surface area contributed by atoms with Crippen molar-refractivity contribution in [2.45, 2.75) is 26.4 Å². The summed E-state index contributed by atoms with van der Waals surface area (Å²) < 4.78 is 11.0. The lowest BCUT2D eigenvalue weighted by atomic mass is 10.2. The van der Waals surface area contributed by atoms with Crippen molar-refractivity contribution in [1.29, 1.82) is 0 Å². The van der Waals surface area contributed by atoms with Gasteiger partial charge in [-0.1, -0.05) is 13.3 Å². The van der Waals surface area contributed by atoms with E-state index in [-0.39, 0.29) is 6.61 Å². The lowest BCUT2D eigenvalue weighted by molar-refractivity contribution is -0.255. The Bertz CT molecular complexity index is 492. The first-order chi connectivity index (χ1) is 9.33. The number of ether oxygens (including phenoxy) is 1. The molecule has 102 valence electrons. The lowest BCUT2D eigenvalue weighted by Crippen LogP contribution is -1.95. The second-order valence-electron chi connectivity index (χ2n) is 4.13. The maximum absolute atomic E-state index is 8.33. The maximum Gasteiger partial charge on any atom is 0.226 e. The molecule has 0 amide bonds. The van der Waals surface area contributed by atoms with Gasteiger partial charge in [-0.3, -0.25) is 5.26 Å². The molecule has 0 saturated heterocycles. The zero-order chi connectivity index (χ0) is 13.5. The van der Waals surface area contributed by atoms with Crippen LogP contribution < -0.4 is 4.74 Å². The van der Waals surface area contributed by atoms with E-state index in [9.17, 15) is 0 Å². The van der Waals surface area contributed by atoms with E-state index in [2.05, 4.69) is 16.8 Å². The van der Waals surface area contributed by atoms with Gasteiger partial charge in [0.05, 0.1) is 12.8 Å². The van der Waals surface area contributed by atoms with E-state index in [4.69, 9.17) is 14.4 Å². The third-order valence-corrected chi connectivity index (χ3v) is 2.63. The van der Waals surface area contributed by atoms with Crippen molar-refractivity contribution in [3.05, 3.63) is 36.2 Å². The van der Waals surface area contributed by atoms with Gasteiger partial charge in [-0.15, -0.1) is 0 Å². The van der Waals surface area contributed by atoms with Gasteiger partial charge in [0, 0.05) is 5.56 Å². The summed E-state index contributed by atoms with van der Waals surface area (Å²) in [4.78, 5) is 8.11. The summed E-state index contributed by atoms with van der Waals surface area (Å²) in [5.74, 6) is 1.80. The molecule has 0 spiro atoms. The van der Waals surface area contributed by atoms with Crippen molar-refractivity contribution in [3.8, 4) is 17.2 Å². The Balaban J connectivity index is 2.00. The van der Waals surface area contributed by atoms with E-state index < -0.39 is 0 Å². The van der Waals surface area contributed by atoms with E-state index in [0.717, 1.165) is 30.8 Å². The normalized spacial score (nSPS) is 10.6. The number of nitrogens with zero attached hydrogens (tertiary/aromatic N) is 1. The lowest BCUT2D eigenvalue weighted by Gasteiger charge is -2.05. The first-order valence-electron chi connectivity index (χ1n) is 6.27. The minimum atomic E-state index is -0.00872. The summed E-state index contributed by atoms with van der Waals surface area (Å²) in [6.07, 6.45) is 3.69. The van der Waals surface area contributed by atoms with E-state index >= 15 is 0 Å². The number of oxazole rings is 1. The predicted octanol–water partition coefficient (Wildman–Crippen LogP) is 3.51. The Labute approximate surface area is 111 Å². The molecule has 1 heterocycles. The number of aromatic nitrogens is 1. The van der Waals surface area contributed by atoms with Crippen molar-refractivity contribution in [1.82, 2.24) is 4.98 Å². The molecule has 1 aromatic heterocycles. The van der Waals surface area contributed by atoms with E-state index in [1.54, 1.807) is 0 Å². The van der Waals surface area contributed by atoms with Gasteiger partial charge in [0.25, 0.3) is 0 Å². The van der Waals surface area contributed by atoms with Gasteiger partial charge in [0.2, 0.25) is 5.89 Å². The number of unbranched alkanes of at least 4 members (excludes halogenated alkanes) is 1. The highest BCUT2D eigenvalue weighted by Crippen LogP contribution is 2.22. The summed E-state index contributed by atoms with van der Waals surface area (Å²) >= 11 is 0. The number of hydrogen-bond acceptors (Lipinski definition) is 5. The molecule has 0 unspecified atom stereocenters. The molecule has 19 heavy (non-hydrogen) atoms. The van der Waals surface area contributed by atoms with Crippen LogP contribution >= 0.6 is 0 Å². The van der Waals surface area contributed by atoms with Crippen LogP contribution in [-0.4, -0.2) is 16.8 Å². The van der Waals surface area contributed by atoms with Crippen LogP contribution in [0.25, 0.3) is 11.5 Å². The molecule has 5 heteroatoms. The minimum absolute atomic E-state index is 0.00872. The molecule has 0 aliphatic carbocycles. The largest absolute Gasteiger partial charge is 0.494 e. The van der Waals surface area contributed by atoms with Gasteiger partial charge in [-0.05, 0) is 30.7 Å². The molecular formula is C14H17NO4. The molecule has 1 aromatic carbocycles. The summed E-state index contributed by atoms with van der Waals surface area (Å²) in [5.41, 5.74) is 0.854. The number of rotatable bonds is 7. The van der Waals surface area contributed by atoms with E-state index in [0.29, 0.717) is 11.7 Å². The third-order valence-electron chi connectivity index (χ3n) is 2.63. The first-order valence-corrected chi connectivity index (χ1v) is 6.27. The Morgan fingerprint density at radius 3 is 2.74 bits per heavy atom. The fourth-order valence-corrected chi connectivity index (χ4v) is 1.60. The molecule has 0 aliphatic rings. The van der Waals surface area contributed by atoms with Crippen LogP contribution in [0.4, 0.5) is 0 Å². The Hall–Kier alpha value is -1.85. The zero-order valence-electron chi connectivity index (χ0n) is 10.8. The van der Waals surface area contributed by atoms with Gasteiger partial charge in [-0.25, -0.2) is 9.87 Å². The molecule has 0 fully saturated rings. The Morgan fingerprint density at radius 2 is 2.05 bits per heavy atom. The van der Waals surface area contributed by atoms with Gasteiger partial charge >= 0.3 is 0 Å². The molecule has 2 rings (SSSR count). The molecule has 0 aliphatic heterocycles. The average molecular weight is 263 g/mol. The van der Waals surface area contributed by atoms with Gasteiger partial charge in [-0.2, -0.15) is 0 Å². The fourth-order valence-electron chi connectivity index (χ4n) is 1.60. The number of benzene rings is 1. The van der Waals surface area contributed by atoms with Crippen LogP contribution in [0.1, 0.15) is 25.5 Å². The smallest absolute Gasteiger partial charge is 0.226 e. The molecular weight excluding hydrogens is 246 g/mol. The van der Waals surface area contributed by atoms with Crippen molar-refractivity contribution in [2.24, 2.45) is 0 Å². The van der Waals surface area contributed by atoms with Gasteiger partial charge in [0.1, 0.15) is 12.4 Å². The van der Waals surface area contributed by atoms with Crippen molar-refractivity contribution >= 4 is 0 Å². The average Bonchev–Trinajstić information content (AvgIpc) is 2.89. The van der Waals surface area contributed by atoms with E-state index in [1.165, 1.54) is 6.20 Å². The second kappa shape index (κ2) is 6.92. The Kier molecular flexibility index (Phi) is 4.94. The summed E-state index contributed by atoms with van der Waals surface area (Å²) in [6, 6.07) is 7.54. The highest BCUT2D eigenvalue weighted by atomic mass is 17.1. The Morgan fingerprint density at radius 1 is 1.26 bits per heavy atom. The third kappa shape index (κ3) is 3.81. The zero-order valence-corrected chi connectivity index (χ0v) is 10.8. The first kappa shape index (κ1) is 13.6. The van der Waals surface area contributed by atoms with Crippen LogP contribution in [0.5, 0.6) is 5.75 Å². The van der Waals surface area contributed by atoms with Crippen LogP contribution in [0.15, 0.2) is 34.9 Å². The fraction of sp³-hybridized carbons (Fsp3) is 0.357. The standard InChI is InChI=1S/C14H17NO4/c1-2-3-8-17-12-6-4-11(5-7-12)14-15-9-13(19-14)10-18-16/h4-7,9,16H,2-3,8,10H2,1H3. The van der Waals surface area contributed by atoms with Crippen molar-refractivity contribution < 1.29 is 19.3 Å². The molecule has 5 nitrogen and oxygen atoms in total. The maximum atomic E-state index is 8.33. The van der Waals surface area contributed by atoms with Crippen LogP contribution in [0.2, 0.25) is 0 Å². The monoisotopic (exact) mass is 263 g/mol.